The van der Waals surface area contributed by atoms with Gasteiger partial charge in [0.05, 0.1) is 16.9 Å². The van der Waals surface area contributed by atoms with Gasteiger partial charge in [-0.3, -0.25) is 0 Å². The lowest BCUT2D eigenvalue weighted by Crippen LogP contribution is -2.03. The Labute approximate surface area is 159 Å². The van der Waals surface area contributed by atoms with E-state index in [9.17, 15) is 13.2 Å². The van der Waals surface area contributed by atoms with E-state index in [1.54, 1.807) is 36.4 Å². The Hall–Kier alpha value is -2.86. The van der Waals surface area contributed by atoms with Gasteiger partial charge in [-0.05, 0) is 66.2 Å². The van der Waals surface area contributed by atoms with Crippen LogP contribution in [0.3, 0.4) is 0 Å². The average Bonchev–Trinajstić information content (AvgIpc) is 2.66. The number of alkyl halides is 3. The van der Waals surface area contributed by atoms with Gasteiger partial charge in [0.1, 0.15) is 12.4 Å². The van der Waals surface area contributed by atoms with Crippen molar-refractivity contribution < 1.29 is 17.9 Å². The molecule has 0 aromatic heterocycles. The van der Waals surface area contributed by atoms with Crippen molar-refractivity contribution in [2.24, 2.45) is 10.2 Å². The first-order valence-electron chi connectivity index (χ1n) is 7.96. The van der Waals surface area contributed by atoms with Crippen molar-refractivity contribution in [3.8, 4) is 5.75 Å². The van der Waals surface area contributed by atoms with Gasteiger partial charge in [-0.2, -0.15) is 23.4 Å². The lowest BCUT2D eigenvalue weighted by Gasteiger charge is -2.06. The molecule has 7 heteroatoms. The molecule has 3 nitrogen and oxygen atoms in total. The van der Waals surface area contributed by atoms with Crippen molar-refractivity contribution in [3.05, 3.63) is 88.9 Å². The summed E-state index contributed by atoms with van der Waals surface area (Å²) in [6.07, 6.45) is -4.36. The van der Waals surface area contributed by atoms with E-state index in [4.69, 9.17) is 16.3 Å². The second-order valence-electron chi connectivity index (χ2n) is 5.65. The molecule has 0 fully saturated rings. The summed E-state index contributed by atoms with van der Waals surface area (Å²) >= 11 is 5.84. The molecule has 0 heterocycles. The van der Waals surface area contributed by atoms with Crippen LogP contribution in [0.2, 0.25) is 5.02 Å². The zero-order valence-corrected chi connectivity index (χ0v) is 14.7. The number of azo groups is 1. The van der Waals surface area contributed by atoms with Crippen molar-refractivity contribution in [1.29, 1.82) is 0 Å². The molecule has 27 heavy (non-hydrogen) atoms. The summed E-state index contributed by atoms with van der Waals surface area (Å²) in [5.41, 5.74) is 1.17. The molecule has 3 aromatic carbocycles. The first-order valence-corrected chi connectivity index (χ1v) is 8.34. The van der Waals surface area contributed by atoms with E-state index in [-0.39, 0.29) is 0 Å². The highest BCUT2D eigenvalue weighted by atomic mass is 35.5. The van der Waals surface area contributed by atoms with Crippen LogP contribution in [-0.2, 0) is 12.8 Å². The van der Waals surface area contributed by atoms with Gasteiger partial charge in [-0.1, -0.05) is 23.7 Å². The van der Waals surface area contributed by atoms with Crippen LogP contribution in [0.5, 0.6) is 5.75 Å². The topological polar surface area (TPSA) is 34.0 Å². The van der Waals surface area contributed by atoms with E-state index in [1.807, 2.05) is 12.1 Å². The Bertz CT molecular complexity index is 906. The third kappa shape index (κ3) is 5.56. The number of ether oxygens (including phenoxy) is 1. The Kier molecular flexibility index (Phi) is 5.76. The third-order valence-corrected chi connectivity index (χ3v) is 3.88. The fraction of sp³-hybridized carbons (Fsp3) is 0.100. The first-order chi connectivity index (χ1) is 12.9. The maximum absolute atomic E-state index is 12.5. The molecule has 0 amide bonds. The Morgan fingerprint density at radius 2 is 1.26 bits per heavy atom. The average molecular weight is 391 g/mol. The number of benzene rings is 3. The third-order valence-electron chi connectivity index (χ3n) is 3.63. The van der Waals surface area contributed by atoms with Gasteiger partial charge < -0.3 is 4.74 Å². The van der Waals surface area contributed by atoms with Crippen molar-refractivity contribution in [2.75, 3.05) is 0 Å². The molecule has 3 rings (SSSR count). The molecule has 0 saturated carbocycles. The fourth-order valence-electron chi connectivity index (χ4n) is 2.19. The summed E-state index contributed by atoms with van der Waals surface area (Å²) in [7, 11) is 0. The van der Waals surface area contributed by atoms with Crippen LogP contribution in [-0.4, -0.2) is 0 Å². The summed E-state index contributed by atoms with van der Waals surface area (Å²) < 4.78 is 43.2. The van der Waals surface area contributed by atoms with Crippen LogP contribution in [0.25, 0.3) is 0 Å². The van der Waals surface area contributed by atoms with Gasteiger partial charge in [-0.15, -0.1) is 0 Å². The molecule has 0 radical (unpaired) electrons. The van der Waals surface area contributed by atoms with E-state index < -0.39 is 11.7 Å². The predicted molar refractivity (Wildman–Crippen MR) is 97.8 cm³/mol. The van der Waals surface area contributed by atoms with E-state index in [2.05, 4.69) is 10.2 Å². The van der Waals surface area contributed by atoms with Crippen molar-refractivity contribution in [3.63, 3.8) is 0 Å². The fourth-order valence-corrected chi connectivity index (χ4v) is 2.31. The largest absolute Gasteiger partial charge is 0.489 e. The summed E-state index contributed by atoms with van der Waals surface area (Å²) in [5, 5.41) is 8.61. The molecule has 0 N–H and O–H groups in total. The minimum absolute atomic E-state index is 0.339. The second-order valence-corrected chi connectivity index (χ2v) is 6.09. The minimum Gasteiger partial charge on any atom is -0.489 e. The van der Waals surface area contributed by atoms with Crippen LogP contribution in [0.15, 0.2) is 83.0 Å². The van der Waals surface area contributed by atoms with Gasteiger partial charge in [0.25, 0.3) is 0 Å². The molecule has 138 valence electrons. The molecule has 0 spiro atoms. The SMILES string of the molecule is FC(F)(F)c1ccc(N=Nc2ccc(OCc3ccc(Cl)cc3)cc2)cc1. The lowest BCUT2D eigenvalue weighted by atomic mass is 10.2. The molecular formula is C20H14ClF3N2O. The lowest BCUT2D eigenvalue weighted by molar-refractivity contribution is -0.137. The first kappa shape index (κ1) is 18.9. The maximum Gasteiger partial charge on any atom is 0.416 e. The van der Waals surface area contributed by atoms with Crippen molar-refractivity contribution in [1.82, 2.24) is 0 Å². The zero-order chi connectivity index (χ0) is 19.3. The Balaban J connectivity index is 1.58. The van der Waals surface area contributed by atoms with E-state index in [0.29, 0.717) is 28.8 Å². The van der Waals surface area contributed by atoms with Gasteiger partial charge in [0, 0.05) is 5.02 Å². The maximum atomic E-state index is 12.5. The summed E-state index contributed by atoms with van der Waals surface area (Å²) in [5.74, 6) is 0.665. The molecule has 0 aliphatic rings. The van der Waals surface area contributed by atoms with Crippen LogP contribution in [0, 0.1) is 0 Å². The second kappa shape index (κ2) is 8.22. The molecule has 0 bridgehead atoms. The highest BCUT2D eigenvalue weighted by molar-refractivity contribution is 6.30. The normalized spacial score (nSPS) is 11.7. The van der Waals surface area contributed by atoms with Crippen LogP contribution < -0.4 is 4.74 Å². The van der Waals surface area contributed by atoms with E-state index in [0.717, 1.165) is 17.7 Å². The molecule has 0 aliphatic heterocycles. The number of hydrogen-bond acceptors (Lipinski definition) is 3. The highest BCUT2D eigenvalue weighted by Crippen LogP contribution is 2.30. The summed E-state index contributed by atoms with van der Waals surface area (Å²) in [6.45, 7) is 0.406. The van der Waals surface area contributed by atoms with Crippen LogP contribution in [0.4, 0.5) is 24.5 Å². The molecule has 0 atom stereocenters. The quantitative estimate of drug-likeness (QED) is 0.419. The molecule has 3 aromatic rings. The minimum atomic E-state index is -4.36. The van der Waals surface area contributed by atoms with Crippen molar-refractivity contribution in [2.45, 2.75) is 12.8 Å². The highest BCUT2D eigenvalue weighted by Gasteiger charge is 2.29. The van der Waals surface area contributed by atoms with Gasteiger partial charge in [0.15, 0.2) is 0 Å². The number of nitrogens with zero attached hydrogens (tertiary/aromatic N) is 2. The monoisotopic (exact) mass is 390 g/mol. The standard InChI is InChI=1S/C20H14ClF3N2O/c21-16-5-1-14(2-6-16)13-27-19-11-9-18(10-12-19)26-25-17-7-3-15(4-8-17)20(22,23)24/h1-12H,13H2. The number of halogens is 4. The predicted octanol–water partition coefficient (Wildman–Crippen LogP) is 7.35. The van der Waals surface area contributed by atoms with Crippen LogP contribution >= 0.6 is 11.6 Å². The van der Waals surface area contributed by atoms with Gasteiger partial charge in [0.2, 0.25) is 0 Å². The molecule has 0 unspecified atom stereocenters. The van der Waals surface area contributed by atoms with Crippen LogP contribution in [0.1, 0.15) is 11.1 Å². The number of hydrogen-bond donors (Lipinski definition) is 0. The zero-order valence-electron chi connectivity index (χ0n) is 13.9. The molecular weight excluding hydrogens is 377 g/mol. The smallest absolute Gasteiger partial charge is 0.416 e. The molecule has 0 aliphatic carbocycles. The summed E-state index contributed by atoms with van der Waals surface area (Å²) in [6, 6.07) is 18.8. The molecule has 0 saturated heterocycles. The van der Waals surface area contributed by atoms with Crippen molar-refractivity contribution >= 4 is 23.0 Å². The number of rotatable bonds is 5. The Morgan fingerprint density at radius 1 is 0.741 bits per heavy atom. The van der Waals surface area contributed by atoms with E-state index in [1.165, 1.54) is 12.1 Å². The van der Waals surface area contributed by atoms with Gasteiger partial charge >= 0.3 is 6.18 Å². The van der Waals surface area contributed by atoms with Gasteiger partial charge in [-0.25, -0.2) is 0 Å². The summed E-state index contributed by atoms with van der Waals surface area (Å²) in [4.78, 5) is 0. The Morgan fingerprint density at radius 3 is 1.78 bits per heavy atom. The van der Waals surface area contributed by atoms with E-state index >= 15 is 0 Å².